The van der Waals surface area contributed by atoms with Gasteiger partial charge in [0.2, 0.25) is 5.91 Å². The molecule has 0 aromatic carbocycles. The van der Waals surface area contributed by atoms with Crippen LogP contribution >= 0.6 is 0 Å². The van der Waals surface area contributed by atoms with E-state index in [1.165, 1.54) is 0 Å². The van der Waals surface area contributed by atoms with Crippen LogP contribution in [0.2, 0.25) is 0 Å². The fourth-order valence-corrected chi connectivity index (χ4v) is 1.07. The van der Waals surface area contributed by atoms with E-state index in [-0.39, 0.29) is 12.5 Å². The number of amides is 1. The molecule has 1 aromatic heterocycles. The Kier molecular flexibility index (Phi) is 3.92. The number of carbonyl (C=O) groups excluding carboxylic acids is 1. The highest BCUT2D eigenvalue weighted by atomic mass is 19.4. The Bertz CT molecular complexity index is 359. The van der Waals surface area contributed by atoms with Gasteiger partial charge >= 0.3 is 6.18 Å². The van der Waals surface area contributed by atoms with Crippen LogP contribution in [0, 0.1) is 0 Å². The monoisotopic (exact) mass is 235 g/mol. The van der Waals surface area contributed by atoms with E-state index in [4.69, 9.17) is 0 Å². The molecule has 1 N–H and O–H groups in total. The maximum atomic E-state index is 12.2. The van der Waals surface area contributed by atoms with Crippen LogP contribution in [-0.4, -0.2) is 22.2 Å². The largest absolute Gasteiger partial charge is 0.435 e. The lowest BCUT2D eigenvalue weighted by molar-refractivity contribution is -0.141. The summed E-state index contributed by atoms with van der Waals surface area (Å²) in [5.41, 5.74) is -0.990. The lowest BCUT2D eigenvalue weighted by Crippen LogP contribution is -2.28. The topological polar surface area (TPSA) is 46.9 Å². The molecule has 0 radical (unpaired) electrons. The Labute approximate surface area is 90.4 Å². The number of alkyl halides is 3. The third-order valence-electron chi connectivity index (χ3n) is 1.81. The molecule has 7 heteroatoms. The van der Waals surface area contributed by atoms with Gasteiger partial charge in [0.15, 0.2) is 5.69 Å². The van der Waals surface area contributed by atoms with Crippen molar-refractivity contribution in [2.45, 2.75) is 26.1 Å². The Balaban J connectivity index is 2.56. The second-order valence-corrected chi connectivity index (χ2v) is 3.25. The SMILES string of the molecule is CCCNC(=O)Cn1ccc(C(F)(F)F)n1. The van der Waals surface area contributed by atoms with Gasteiger partial charge in [-0.3, -0.25) is 9.48 Å². The molecule has 16 heavy (non-hydrogen) atoms. The van der Waals surface area contributed by atoms with Crippen LogP contribution in [0.3, 0.4) is 0 Å². The van der Waals surface area contributed by atoms with Crippen LogP contribution in [0.15, 0.2) is 12.3 Å². The molecule has 0 saturated heterocycles. The van der Waals surface area contributed by atoms with Crippen LogP contribution in [0.4, 0.5) is 13.2 Å². The van der Waals surface area contributed by atoms with Crippen LogP contribution in [-0.2, 0) is 17.5 Å². The first kappa shape index (κ1) is 12.5. The predicted molar refractivity (Wildman–Crippen MR) is 50.5 cm³/mol. The molecule has 1 heterocycles. The minimum absolute atomic E-state index is 0.198. The normalized spacial score (nSPS) is 11.5. The van der Waals surface area contributed by atoms with Crippen LogP contribution in [0.1, 0.15) is 19.0 Å². The maximum Gasteiger partial charge on any atom is 0.435 e. The summed E-state index contributed by atoms with van der Waals surface area (Å²) in [6, 6.07) is 0.840. The number of aromatic nitrogens is 2. The van der Waals surface area contributed by atoms with E-state index in [1.54, 1.807) is 0 Å². The van der Waals surface area contributed by atoms with Crippen molar-refractivity contribution in [3.05, 3.63) is 18.0 Å². The molecular formula is C9H12F3N3O. The summed E-state index contributed by atoms with van der Waals surface area (Å²) in [6.07, 6.45) is -2.56. The molecule has 1 aromatic rings. The average molecular weight is 235 g/mol. The van der Waals surface area contributed by atoms with Crippen molar-refractivity contribution in [2.75, 3.05) is 6.54 Å². The van der Waals surface area contributed by atoms with Crippen molar-refractivity contribution < 1.29 is 18.0 Å². The summed E-state index contributed by atoms with van der Waals surface area (Å²) in [5, 5.41) is 5.81. The molecule has 0 bridgehead atoms. The van der Waals surface area contributed by atoms with Crippen molar-refractivity contribution in [1.29, 1.82) is 0 Å². The van der Waals surface area contributed by atoms with Gasteiger partial charge in [-0.05, 0) is 12.5 Å². The highest BCUT2D eigenvalue weighted by Crippen LogP contribution is 2.27. The van der Waals surface area contributed by atoms with Crippen LogP contribution in [0.25, 0.3) is 0 Å². The van der Waals surface area contributed by atoms with Crippen LogP contribution in [0.5, 0.6) is 0 Å². The molecule has 0 unspecified atom stereocenters. The quantitative estimate of drug-likeness (QED) is 0.858. The van der Waals surface area contributed by atoms with E-state index < -0.39 is 11.9 Å². The summed E-state index contributed by atoms with van der Waals surface area (Å²) >= 11 is 0. The van der Waals surface area contributed by atoms with Crippen molar-refractivity contribution in [3.8, 4) is 0 Å². The fraction of sp³-hybridized carbons (Fsp3) is 0.556. The summed E-state index contributed by atoms with van der Waals surface area (Å²) in [4.78, 5) is 11.2. The summed E-state index contributed by atoms with van der Waals surface area (Å²) in [6.45, 7) is 2.19. The first-order valence-corrected chi connectivity index (χ1v) is 4.81. The Hall–Kier alpha value is -1.53. The number of nitrogens with zero attached hydrogens (tertiary/aromatic N) is 2. The Morgan fingerprint density at radius 2 is 2.25 bits per heavy atom. The minimum Gasteiger partial charge on any atom is -0.355 e. The molecule has 0 aliphatic carbocycles. The lowest BCUT2D eigenvalue weighted by atomic mass is 10.4. The number of halogens is 3. The number of carbonyl (C=O) groups is 1. The Morgan fingerprint density at radius 3 is 2.75 bits per heavy atom. The summed E-state index contributed by atoms with van der Waals surface area (Å²) in [5.74, 6) is -0.348. The number of rotatable bonds is 4. The maximum absolute atomic E-state index is 12.2. The van der Waals surface area contributed by atoms with Gasteiger partial charge in [0.05, 0.1) is 0 Å². The highest BCUT2D eigenvalue weighted by molar-refractivity contribution is 5.75. The summed E-state index contributed by atoms with van der Waals surface area (Å²) in [7, 11) is 0. The molecule has 0 spiro atoms. The zero-order valence-corrected chi connectivity index (χ0v) is 8.71. The third kappa shape index (κ3) is 3.56. The molecule has 1 rings (SSSR count). The van der Waals surface area contributed by atoms with Crippen molar-refractivity contribution in [3.63, 3.8) is 0 Å². The molecule has 0 aliphatic rings. The smallest absolute Gasteiger partial charge is 0.355 e. The van der Waals surface area contributed by atoms with E-state index >= 15 is 0 Å². The van der Waals surface area contributed by atoms with Crippen LogP contribution < -0.4 is 5.32 Å². The zero-order chi connectivity index (χ0) is 12.2. The third-order valence-corrected chi connectivity index (χ3v) is 1.81. The Morgan fingerprint density at radius 1 is 1.56 bits per heavy atom. The fourth-order valence-electron chi connectivity index (χ4n) is 1.07. The highest BCUT2D eigenvalue weighted by Gasteiger charge is 2.33. The van der Waals surface area contributed by atoms with E-state index in [9.17, 15) is 18.0 Å². The zero-order valence-electron chi connectivity index (χ0n) is 8.71. The molecule has 1 amide bonds. The molecule has 0 saturated carbocycles. The standard InChI is InChI=1S/C9H12F3N3O/c1-2-4-13-8(16)6-15-5-3-7(14-15)9(10,11)12/h3,5H,2,4,6H2,1H3,(H,13,16). The first-order valence-electron chi connectivity index (χ1n) is 4.81. The summed E-state index contributed by atoms with van der Waals surface area (Å²) < 4.78 is 37.5. The van der Waals surface area contributed by atoms with Gasteiger partial charge in [-0.25, -0.2) is 0 Å². The van der Waals surface area contributed by atoms with Gasteiger partial charge in [0, 0.05) is 12.7 Å². The van der Waals surface area contributed by atoms with Gasteiger partial charge in [0.1, 0.15) is 6.54 Å². The predicted octanol–water partition coefficient (Wildman–Crippen LogP) is 1.43. The minimum atomic E-state index is -4.47. The van der Waals surface area contributed by atoms with Crippen molar-refractivity contribution in [1.82, 2.24) is 15.1 Å². The number of nitrogens with one attached hydrogen (secondary N) is 1. The van der Waals surface area contributed by atoms with E-state index in [0.717, 1.165) is 23.4 Å². The molecule has 0 fully saturated rings. The van der Waals surface area contributed by atoms with E-state index in [0.29, 0.717) is 6.54 Å². The number of hydrogen-bond donors (Lipinski definition) is 1. The molecule has 0 atom stereocenters. The van der Waals surface area contributed by atoms with Crippen molar-refractivity contribution >= 4 is 5.91 Å². The van der Waals surface area contributed by atoms with Gasteiger partial charge in [-0.15, -0.1) is 0 Å². The van der Waals surface area contributed by atoms with Gasteiger partial charge in [-0.2, -0.15) is 18.3 Å². The number of hydrogen-bond acceptors (Lipinski definition) is 2. The second kappa shape index (κ2) is 5.00. The van der Waals surface area contributed by atoms with E-state index in [2.05, 4.69) is 10.4 Å². The first-order chi connectivity index (χ1) is 7.43. The van der Waals surface area contributed by atoms with Gasteiger partial charge in [0.25, 0.3) is 0 Å². The van der Waals surface area contributed by atoms with E-state index in [1.807, 2.05) is 6.92 Å². The second-order valence-electron chi connectivity index (χ2n) is 3.25. The average Bonchev–Trinajstić information content (AvgIpc) is 2.62. The molecule has 4 nitrogen and oxygen atoms in total. The van der Waals surface area contributed by atoms with Crippen molar-refractivity contribution in [2.24, 2.45) is 0 Å². The van der Waals surface area contributed by atoms with Gasteiger partial charge < -0.3 is 5.32 Å². The molecular weight excluding hydrogens is 223 g/mol. The molecule has 0 aliphatic heterocycles. The molecule has 90 valence electrons. The van der Waals surface area contributed by atoms with Gasteiger partial charge in [-0.1, -0.05) is 6.92 Å². The lowest BCUT2D eigenvalue weighted by Gasteiger charge is -2.04.